The van der Waals surface area contributed by atoms with Crippen LogP contribution in [-0.2, 0) is 26.2 Å². The summed E-state index contributed by atoms with van der Waals surface area (Å²) >= 11 is 3.40. The van der Waals surface area contributed by atoms with E-state index >= 15 is 0 Å². The number of carbonyl (C=O) groups excluding carboxylic acids is 2. The number of halogens is 1. The Hall–Kier alpha value is -3.17. The maximum Gasteiger partial charge on any atom is 0.264 e. The molecule has 1 fully saturated rings. The third-order valence-electron chi connectivity index (χ3n) is 7.31. The van der Waals surface area contributed by atoms with Crippen LogP contribution in [0.1, 0.15) is 49.3 Å². The summed E-state index contributed by atoms with van der Waals surface area (Å²) in [5, 5.41) is 3.09. The first-order valence-electron chi connectivity index (χ1n) is 13.5. The Morgan fingerprint density at radius 1 is 0.950 bits per heavy atom. The molecule has 3 aromatic rings. The minimum Gasteiger partial charge on any atom is -0.352 e. The highest BCUT2D eigenvalue weighted by Gasteiger charge is 2.33. The normalized spacial score (nSPS) is 14.5. The summed E-state index contributed by atoms with van der Waals surface area (Å²) in [6, 6.07) is 20.4. The average molecular weight is 627 g/mol. The van der Waals surface area contributed by atoms with Gasteiger partial charge in [0.05, 0.1) is 10.6 Å². The highest BCUT2D eigenvalue weighted by molar-refractivity contribution is 9.10. The van der Waals surface area contributed by atoms with E-state index in [1.807, 2.05) is 38.1 Å². The predicted octanol–water partition coefficient (Wildman–Crippen LogP) is 5.74. The molecule has 4 rings (SSSR count). The molecule has 1 aliphatic carbocycles. The molecule has 0 radical (unpaired) electrons. The molecule has 1 aliphatic rings. The van der Waals surface area contributed by atoms with Crippen molar-refractivity contribution in [3.63, 3.8) is 0 Å². The van der Waals surface area contributed by atoms with Gasteiger partial charge in [-0.05, 0) is 75.6 Å². The van der Waals surface area contributed by atoms with Gasteiger partial charge < -0.3 is 10.2 Å². The van der Waals surface area contributed by atoms with E-state index in [9.17, 15) is 18.0 Å². The fraction of sp³-hybridized carbons (Fsp3) is 0.355. The van der Waals surface area contributed by atoms with Crippen molar-refractivity contribution in [2.75, 3.05) is 10.8 Å². The lowest BCUT2D eigenvalue weighted by Crippen LogP contribution is -2.52. The van der Waals surface area contributed by atoms with E-state index in [4.69, 9.17) is 0 Å². The van der Waals surface area contributed by atoms with Crippen LogP contribution >= 0.6 is 15.9 Å². The van der Waals surface area contributed by atoms with E-state index in [1.54, 1.807) is 55.5 Å². The molecule has 0 spiro atoms. The maximum absolute atomic E-state index is 14.0. The monoisotopic (exact) mass is 625 g/mol. The lowest BCUT2D eigenvalue weighted by molar-refractivity contribution is -0.139. The van der Waals surface area contributed by atoms with Gasteiger partial charge in [-0.2, -0.15) is 0 Å². The van der Waals surface area contributed by atoms with Gasteiger partial charge in [-0.1, -0.05) is 76.3 Å². The van der Waals surface area contributed by atoms with Gasteiger partial charge in [0.1, 0.15) is 12.6 Å². The van der Waals surface area contributed by atoms with Gasteiger partial charge >= 0.3 is 0 Å². The Labute approximate surface area is 245 Å². The van der Waals surface area contributed by atoms with Gasteiger partial charge in [0.15, 0.2) is 0 Å². The average Bonchev–Trinajstić information content (AvgIpc) is 3.44. The zero-order valence-corrected chi connectivity index (χ0v) is 25.5. The van der Waals surface area contributed by atoms with Crippen LogP contribution in [-0.4, -0.2) is 43.8 Å². The van der Waals surface area contributed by atoms with Crippen molar-refractivity contribution in [1.29, 1.82) is 0 Å². The van der Waals surface area contributed by atoms with Gasteiger partial charge in [-0.15, -0.1) is 0 Å². The number of aryl methyl sites for hydroxylation is 2. The molecule has 0 aromatic heterocycles. The lowest BCUT2D eigenvalue weighted by atomic mass is 10.1. The summed E-state index contributed by atoms with van der Waals surface area (Å²) in [7, 11) is -4.09. The number of nitrogens with zero attached hydrogens (tertiary/aromatic N) is 2. The van der Waals surface area contributed by atoms with E-state index in [-0.39, 0.29) is 23.4 Å². The number of anilines is 1. The van der Waals surface area contributed by atoms with Crippen molar-refractivity contribution < 1.29 is 18.0 Å². The van der Waals surface area contributed by atoms with Crippen molar-refractivity contribution in [2.45, 2.75) is 70.0 Å². The van der Waals surface area contributed by atoms with Crippen LogP contribution in [0.2, 0.25) is 0 Å². The Bertz CT molecular complexity index is 1440. The molecule has 0 unspecified atom stereocenters. The highest BCUT2D eigenvalue weighted by Crippen LogP contribution is 2.26. The van der Waals surface area contributed by atoms with Gasteiger partial charge in [-0.25, -0.2) is 8.42 Å². The number of benzene rings is 3. The van der Waals surface area contributed by atoms with Gasteiger partial charge in [-0.3, -0.25) is 13.9 Å². The molecule has 212 valence electrons. The smallest absolute Gasteiger partial charge is 0.264 e. The van der Waals surface area contributed by atoms with Crippen molar-refractivity contribution in [3.05, 3.63) is 94.0 Å². The number of amides is 2. The Balaban J connectivity index is 1.68. The molecular weight excluding hydrogens is 590 g/mol. The first-order chi connectivity index (χ1) is 19.0. The summed E-state index contributed by atoms with van der Waals surface area (Å²) in [5.41, 5.74) is 3.18. The van der Waals surface area contributed by atoms with Crippen molar-refractivity contribution in [1.82, 2.24) is 10.2 Å². The van der Waals surface area contributed by atoms with Gasteiger partial charge in [0, 0.05) is 17.1 Å². The third-order valence-corrected chi connectivity index (χ3v) is 9.62. The van der Waals surface area contributed by atoms with E-state index < -0.39 is 28.5 Å². The summed E-state index contributed by atoms with van der Waals surface area (Å²) in [6.07, 6.45) is 4.00. The van der Waals surface area contributed by atoms with Crippen LogP contribution in [0.4, 0.5) is 5.69 Å². The molecule has 0 bridgehead atoms. The quantitative estimate of drug-likeness (QED) is 0.311. The summed E-state index contributed by atoms with van der Waals surface area (Å²) in [6.45, 7) is 5.28. The second-order valence-corrected chi connectivity index (χ2v) is 13.3. The molecule has 2 amide bonds. The highest BCUT2D eigenvalue weighted by atomic mass is 79.9. The Kier molecular flexibility index (Phi) is 9.68. The number of hydrogen-bond donors (Lipinski definition) is 1. The second-order valence-electron chi connectivity index (χ2n) is 10.5. The van der Waals surface area contributed by atoms with Crippen LogP contribution in [0.15, 0.2) is 82.2 Å². The molecule has 1 N–H and O–H groups in total. The van der Waals surface area contributed by atoms with Crippen LogP contribution in [0.5, 0.6) is 0 Å². The van der Waals surface area contributed by atoms with Crippen LogP contribution in [0, 0.1) is 13.8 Å². The maximum atomic E-state index is 14.0. The number of rotatable bonds is 10. The van der Waals surface area contributed by atoms with Crippen LogP contribution < -0.4 is 9.62 Å². The third kappa shape index (κ3) is 7.31. The number of hydrogen-bond acceptors (Lipinski definition) is 4. The number of sulfonamides is 1. The SMILES string of the molecule is Cc1ccc(S(=O)(=O)N(CC(=O)N(Cc2cccc(C)c2)[C@@H](C)C(=O)NC2CCCC2)c2ccc(Br)cc2)cc1. The first-order valence-corrected chi connectivity index (χ1v) is 15.8. The fourth-order valence-corrected chi connectivity index (χ4v) is 6.63. The number of nitrogens with one attached hydrogen (secondary N) is 1. The van der Waals surface area contributed by atoms with E-state index in [1.165, 1.54) is 4.90 Å². The molecule has 1 saturated carbocycles. The van der Waals surface area contributed by atoms with Gasteiger partial charge in [0.2, 0.25) is 11.8 Å². The van der Waals surface area contributed by atoms with Crippen molar-refractivity contribution in [3.8, 4) is 0 Å². The molecule has 0 heterocycles. The van der Waals surface area contributed by atoms with Crippen LogP contribution in [0.25, 0.3) is 0 Å². The summed E-state index contributed by atoms with van der Waals surface area (Å²) < 4.78 is 29.7. The minimum atomic E-state index is -4.09. The summed E-state index contributed by atoms with van der Waals surface area (Å²) in [4.78, 5) is 28.9. The largest absolute Gasteiger partial charge is 0.352 e. The fourth-order valence-electron chi connectivity index (χ4n) is 4.96. The lowest BCUT2D eigenvalue weighted by Gasteiger charge is -2.32. The molecule has 1 atom stereocenters. The number of carbonyl (C=O) groups is 2. The summed E-state index contributed by atoms with van der Waals surface area (Å²) in [5.74, 6) is -0.696. The molecule has 0 aliphatic heterocycles. The standard InChI is InChI=1S/C31H36BrN3O4S/c1-22-11-17-29(18-12-22)40(38,39)35(28-15-13-26(32)14-16-28)21-30(36)34(20-25-8-6-7-23(2)19-25)24(3)31(37)33-27-9-4-5-10-27/h6-8,11-19,24,27H,4-5,9-10,20-21H2,1-3H3,(H,33,37)/t24-/m0/s1. The molecular formula is C31H36BrN3O4S. The Morgan fingerprint density at radius 3 is 2.23 bits per heavy atom. The predicted molar refractivity (Wildman–Crippen MR) is 161 cm³/mol. The second kappa shape index (κ2) is 13.0. The minimum absolute atomic E-state index is 0.0890. The Morgan fingerprint density at radius 2 is 1.60 bits per heavy atom. The molecule has 0 saturated heterocycles. The molecule has 3 aromatic carbocycles. The first kappa shape index (κ1) is 29.8. The molecule has 9 heteroatoms. The zero-order valence-electron chi connectivity index (χ0n) is 23.1. The van der Waals surface area contributed by atoms with Crippen molar-refractivity contribution in [2.24, 2.45) is 0 Å². The van der Waals surface area contributed by atoms with Crippen LogP contribution in [0.3, 0.4) is 0 Å². The zero-order chi connectivity index (χ0) is 28.9. The molecule has 7 nitrogen and oxygen atoms in total. The topological polar surface area (TPSA) is 86.8 Å². The molecule has 40 heavy (non-hydrogen) atoms. The van der Waals surface area contributed by atoms with Gasteiger partial charge in [0.25, 0.3) is 10.0 Å². The van der Waals surface area contributed by atoms with E-state index in [0.717, 1.165) is 51.2 Å². The van der Waals surface area contributed by atoms with E-state index in [0.29, 0.717) is 5.69 Å². The van der Waals surface area contributed by atoms with Crippen molar-refractivity contribution >= 4 is 43.5 Å². The van der Waals surface area contributed by atoms with E-state index in [2.05, 4.69) is 21.2 Å².